The summed E-state index contributed by atoms with van der Waals surface area (Å²) in [7, 11) is 0. The van der Waals surface area contributed by atoms with Gasteiger partial charge in [-0.15, -0.1) is 0 Å². The highest BCUT2D eigenvalue weighted by Crippen LogP contribution is 2.24. The second kappa shape index (κ2) is 3.96. The molecule has 0 aliphatic heterocycles. The van der Waals surface area contributed by atoms with E-state index in [0.29, 0.717) is 0 Å². The van der Waals surface area contributed by atoms with Gasteiger partial charge in [-0.1, -0.05) is 11.6 Å². The van der Waals surface area contributed by atoms with Crippen molar-refractivity contribution in [3.05, 3.63) is 23.2 Å². The van der Waals surface area contributed by atoms with Crippen molar-refractivity contribution in [2.45, 2.75) is 6.18 Å². The zero-order valence-corrected chi connectivity index (χ0v) is 7.69. The highest BCUT2D eigenvalue weighted by molar-refractivity contribution is 6.31. The SMILES string of the molecule is Nc1cc(Cl)cc(OCC(F)(F)F)c1. The lowest BCUT2D eigenvalue weighted by Gasteiger charge is -2.09. The Morgan fingerprint density at radius 3 is 2.43 bits per heavy atom. The van der Waals surface area contributed by atoms with Gasteiger partial charge in [-0.2, -0.15) is 13.2 Å². The molecular formula is C8H7ClF3NO. The van der Waals surface area contributed by atoms with E-state index in [9.17, 15) is 13.2 Å². The average molecular weight is 226 g/mol. The van der Waals surface area contributed by atoms with Crippen LogP contribution in [0.15, 0.2) is 18.2 Å². The summed E-state index contributed by atoms with van der Waals surface area (Å²) < 4.78 is 39.7. The molecule has 2 N–H and O–H groups in total. The van der Waals surface area contributed by atoms with Gasteiger partial charge in [-0.3, -0.25) is 0 Å². The summed E-state index contributed by atoms with van der Waals surface area (Å²) in [6, 6.07) is 3.96. The van der Waals surface area contributed by atoms with Crippen LogP contribution in [0.25, 0.3) is 0 Å². The molecule has 1 rings (SSSR count). The van der Waals surface area contributed by atoms with Crippen molar-refractivity contribution in [2.24, 2.45) is 0 Å². The molecule has 0 radical (unpaired) electrons. The minimum atomic E-state index is -4.36. The van der Waals surface area contributed by atoms with Crippen molar-refractivity contribution in [1.82, 2.24) is 0 Å². The van der Waals surface area contributed by atoms with Gasteiger partial charge < -0.3 is 10.5 Å². The molecule has 0 amide bonds. The van der Waals surface area contributed by atoms with Crippen LogP contribution in [0.1, 0.15) is 0 Å². The molecule has 0 aromatic heterocycles. The van der Waals surface area contributed by atoms with E-state index in [-0.39, 0.29) is 16.5 Å². The van der Waals surface area contributed by atoms with Gasteiger partial charge in [0.15, 0.2) is 6.61 Å². The molecule has 0 bridgehead atoms. The Hall–Kier alpha value is -1.10. The Morgan fingerprint density at radius 1 is 1.29 bits per heavy atom. The van der Waals surface area contributed by atoms with Crippen molar-refractivity contribution in [2.75, 3.05) is 12.3 Å². The molecule has 2 nitrogen and oxygen atoms in total. The summed E-state index contributed by atoms with van der Waals surface area (Å²) >= 11 is 5.56. The molecule has 0 atom stereocenters. The summed E-state index contributed by atoms with van der Waals surface area (Å²) in [5.41, 5.74) is 5.61. The van der Waals surface area contributed by atoms with E-state index >= 15 is 0 Å². The Kier molecular flexibility index (Phi) is 3.10. The van der Waals surface area contributed by atoms with E-state index in [1.54, 1.807) is 0 Å². The summed E-state index contributed by atoms with van der Waals surface area (Å²) in [5, 5.41) is 0.238. The summed E-state index contributed by atoms with van der Waals surface area (Å²) in [6.07, 6.45) is -4.36. The van der Waals surface area contributed by atoms with Crippen LogP contribution in [0.4, 0.5) is 18.9 Å². The fraction of sp³-hybridized carbons (Fsp3) is 0.250. The minimum Gasteiger partial charge on any atom is -0.484 e. The van der Waals surface area contributed by atoms with E-state index in [1.165, 1.54) is 18.2 Å². The second-order valence-electron chi connectivity index (χ2n) is 2.62. The molecule has 6 heteroatoms. The van der Waals surface area contributed by atoms with Crippen molar-refractivity contribution >= 4 is 17.3 Å². The lowest BCUT2D eigenvalue weighted by molar-refractivity contribution is -0.153. The van der Waals surface area contributed by atoms with E-state index in [0.717, 1.165) is 0 Å². The highest BCUT2D eigenvalue weighted by atomic mass is 35.5. The maximum Gasteiger partial charge on any atom is 0.422 e. The first kappa shape index (κ1) is 11.0. The van der Waals surface area contributed by atoms with Crippen LogP contribution >= 0.6 is 11.6 Å². The van der Waals surface area contributed by atoms with Gasteiger partial charge in [0.25, 0.3) is 0 Å². The molecule has 0 heterocycles. The fourth-order valence-corrected chi connectivity index (χ4v) is 1.07. The van der Waals surface area contributed by atoms with Crippen LogP contribution in [-0.2, 0) is 0 Å². The van der Waals surface area contributed by atoms with Crippen LogP contribution in [0.2, 0.25) is 5.02 Å². The molecular weight excluding hydrogens is 219 g/mol. The Balaban J connectivity index is 2.68. The van der Waals surface area contributed by atoms with Crippen LogP contribution in [-0.4, -0.2) is 12.8 Å². The monoisotopic (exact) mass is 225 g/mol. The maximum absolute atomic E-state index is 11.8. The number of nitrogens with two attached hydrogens (primary N) is 1. The van der Waals surface area contributed by atoms with Gasteiger partial charge in [0.1, 0.15) is 5.75 Å². The number of hydrogen-bond acceptors (Lipinski definition) is 2. The van der Waals surface area contributed by atoms with Gasteiger partial charge in [0, 0.05) is 16.8 Å². The van der Waals surface area contributed by atoms with Crippen molar-refractivity contribution in [3.8, 4) is 5.75 Å². The third-order valence-corrected chi connectivity index (χ3v) is 1.51. The molecule has 1 aromatic rings. The maximum atomic E-state index is 11.8. The number of rotatable bonds is 2. The first-order chi connectivity index (χ1) is 6.37. The highest BCUT2D eigenvalue weighted by Gasteiger charge is 2.28. The number of ether oxygens (including phenoxy) is 1. The topological polar surface area (TPSA) is 35.2 Å². The van der Waals surface area contributed by atoms with Gasteiger partial charge in [-0.25, -0.2) is 0 Å². The first-order valence-electron chi connectivity index (χ1n) is 3.62. The molecule has 0 fully saturated rings. The van der Waals surface area contributed by atoms with E-state index in [4.69, 9.17) is 17.3 Å². The third kappa shape index (κ3) is 3.74. The number of halogens is 4. The Labute approximate surface area is 83.4 Å². The van der Waals surface area contributed by atoms with Crippen molar-refractivity contribution in [3.63, 3.8) is 0 Å². The average Bonchev–Trinajstić information content (AvgIpc) is 1.97. The fourth-order valence-electron chi connectivity index (χ4n) is 0.833. The van der Waals surface area contributed by atoms with Gasteiger partial charge in [0.2, 0.25) is 0 Å². The predicted molar refractivity (Wildman–Crippen MR) is 47.4 cm³/mol. The van der Waals surface area contributed by atoms with Crippen LogP contribution < -0.4 is 10.5 Å². The molecule has 0 saturated carbocycles. The third-order valence-electron chi connectivity index (χ3n) is 1.30. The number of anilines is 1. The van der Waals surface area contributed by atoms with Gasteiger partial charge in [-0.05, 0) is 12.1 Å². The predicted octanol–water partition coefficient (Wildman–Crippen LogP) is 2.86. The molecule has 1 aromatic carbocycles. The van der Waals surface area contributed by atoms with Crippen LogP contribution in [0.3, 0.4) is 0 Å². The second-order valence-corrected chi connectivity index (χ2v) is 3.06. The van der Waals surface area contributed by atoms with Gasteiger partial charge in [0.05, 0.1) is 0 Å². The molecule has 0 aliphatic carbocycles. The van der Waals surface area contributed by atoms with E-state index in [1.807, 2.05) is 0 Å². The summed E-state index contributed by atoms with van der Waals surface area (Å²) in [6.45, 7) is -1.35. The zero-order valence-electron chi connectivity index (χ0n) is 6.94. The lowest BCUT2D eigenvalue weighted by Crippen LogP contribution is -2.19. The van der Waals surface area contributed by atoms with Gasteiger partial charge >= 0.3 is 6.18 Å². The number of hydrogen-bond donors (Lipinski definition) is 1. The van der Waals surface area contributed by atoms with Crippen LogP contribution in [0, 0.1) is 0 Å². The standard InChI is InChI=1S/C8H7ClF3NO/c9-5-1-6(13)3-7(2-5)14-4-8(10,11)12/h1-3H,4,13H2. The number of benzene rings is 1. The van der Waals surface area contributed by atoms with Crippen molar-refractivity contribution in [1.29, 1.82) is 0 Å². The molecule has 0 spiro atoms. The Morgan fingerprint density at radius 2 is 1.93 bits per heavy atom. The van der Waals surface area contributed by atoms with Crippen LogP contribution in [0.5, 0.6) is 5.75 Å². The smallest absolute Gasteiger partial charge is 0.422 e. The summed E-state index contributed by atoms with van der Waals surface area (Å²) in [4.78, 5) is 0. The van der Waals surface area contributed by atoms with E-state index < -0.39 is 12.8 Å². The number of alkyl halides is 3. The summed E-state index contributed by atoms with van der Waals surface area (Å²) in [5.74, 6) is 0.00678. The molecule has 0 aliphatic rings. The zero-order chi connectivity index (χ0) is 10.8. The normalized spacial score (nSPS) is 11.4. The van der Waals surface area contributed by atoms with Crippen molar-refractivity contribution < 1.29 is 17.9 Å². The van der Waals surface area contributed by atoms with E-state index in [2.05, 4.69) is 4.74 Å². The molecule has 78 valence electrons. The minimum absolute atomic E-state index is 0.00678. The molecule has 0 unspecified atom stereocenters. The first-order valence-corrected chi connectivity index (χ1v) is 4.00. The quantitative estimate of drug-likeness (QED) is 0.786. The Bertz CT molecular complexity index is 307. The largest absolute Gasteiger partial charge is 0.484 e. The molecule has 14 heavy (non-hydrogen) atoms. The lowest BCUT2D eigenvalue weighted by atomic mass is 10.3. The number of nitrogen functional groups attached to an aromatic ring is 1. The molecule has 0 saturated heterocycles.